The number of carboxylic acid groups (broad SMARTS) is 1. The summed E-state index contributed by atoms with van der Waals surface area (Å²) in [5.41, 5.74) is 0.978. The van der Waals surface area contributed by atoms with Crippen molar-refractivity contribution in [2.45, 2.75) is 40.0 Å². The van der Waals surface area contributed by atoms with Crippen molar-refractivity contribution in [1.82, 2.24) is 0 Å². The van der Waals surface area contributed by atoms with E-state index in [9.17, 15) is 29.7 Å². The zero-order valence-corrected chi connectivity index (χ0v) is 18.2. The fraction of sp³-hybridized carbons (Fsp3) is 0.240. The van der Waals surface area contributed by atoms with E-state index in [1.165, 1.54) is 17.7 Å². The number of aromatic hydroxyl groups is 3. The number of carboxylic acids is 1. The molecule has 0 fully saturated rings. The molecule has 7 nitrogen and oxygen atoms in total. The van der Waals surface area contributed by atoms with Gasteiger partial charge in [-0.2, -0.15) is 0 Å². The van der Waals surface area contributed by atoms with E-state index >= 15 is 0 Å². The number of aldehydes is 1. The Morgan fingerprint density at radius 3 is 2.22 bits per heavy atom. The summed E-state index contributed by atoms with van der Waals surface area (Å²) in [5, 5.41) is 40.2. The van der Waals surface area contributed by atoms with Crippen LogP contribution in [0.1, 0.15) is 75.8 Å². The van der Waals surface area contributed by atoms with Gasteiger partial charge in [-0.1, -0.05) is 29.4 Å². The lowest BCUT2D eigenvalue weighted by Gasteiger charge is -2.13. The largest absolute Gasteiger partial charge is 0.507 e. The van der Waals surface area contributed by atoms with Crippen molar-refractivity contribution in [2.75, 3.05) is 0 Å². The first kappa shape index (κ1) is 24.4. The van der Waals surface area contributed by atoms with E-state index in [2.05, 4.69) is 6.08 Å². The average Bonchev–Trinajstić information content (AvgIpc) is 2.72. The Bertz CT molecular complexity index is 1120. The van der Waals surface area contributed by atoms with Crippen molar-refractivity contribution in [3.63, 3.8) is 0 Å². The van der Waals surface area contributed by atoms with Gasteiger partial charge in [-0.3, -0.25) is 9.59 Å². The molecule has 4 N–H and O–H groups in total. The number of allylic oxidation sites excluding steroid dienone is 4. The van der Waals surface area contributed by atoms with Gasteiger partial charge in [0, 0.05) is 5.56 Å². The molecule has 2 rings (SSSR count). The molecule has 2 aromatic rings. The topological polar surface area (TPSA) is 132 Å². The van der Waals surface area contributed by atoms with Gasteiger partial charge in [0.2, 0.25) is 5.78 Å². The Morgan fingerprint density at radius 2 is 1.62 bits per heavy atom. The molecule has 168 valence electrons. The number of aromatic carboxylic acids is 1. The molecule has 0 aliphatic rings. The lowest BCUT2D eigenvalue weighted by Crippen LogP contribution is -2.09. The number of carbonyl (C=O) groups excluding carboxylic acids is 2. The number of benzene rings is 2. The molecule has 0 saturated heterocycles. The van der Waals surface area contributed by atoms with Gasteiger partial charge in [0.05, 0.1) is 11.1 Å². The minimum Gasteiger partial charge on any atom is -0.507 e. The molecule has 0 saturated carbocycles. The predicted octanol–water partition coefficient (Wildman–Crippen LogP) is 4.78. The summed E-state index contributed by atoms with van der Waals surface area (Å²) in [7, 11) is 0. The molecule has 2 aromatic carbocycles. The van der Waals surface area contributed by atoms with E-state index in [0.29, 0.717) is 12.0 Å². The van der Waals surface area contributed by atoms with Crippen LogP contribution in [0.4, 0.5) is 0 Å². The van der Waals surface area contributed by atoms with Gasteiger partial charge in [0.25, 0.3) is 0 Å². The molecule has 7 heteroatoms. The second kappa shape index (κ2) is 10.4. The second-order valence-electron chi connectivity index (χ2n) is 7.75. The van der Waals surface area contributed by atoms with E-state index in [0.717, 1.165) is 30.5 Å². The third-order valence-electron chi connectivity index (χ3n) is 4.98. The van der Waals surface area contributed by atoms with Gasteiger partial charge in [0.15, 0.2) is 6.29 Å². The van der Waals surface area contributed by atoms with Crippen molar-refractivity contribution in [3.05, 3.63) is 75.4 Å². The molecule has 0 bridgehead atoms. The Hall–Kier alpha value is -3.87. The minimum atomic E-state index is -1.39. The monoisotopic (exact) mass is 438 g/mol. The lowest BCUT2D eigenvalue weighted by atomic mass is 9.93. The third-order valence-corrected chi connectivity index (χ3v) is 4.98. The molecule has 0 aliphatic carbocycles. The fourth-order valence-corrected chi connectivity index (χ4v) is 3.22. The molecule has 0 amide bonds. The summed E-state index contributed by atoms with van der Waals surface area (Å²) in [5.74, 6) is -4.12. The molecule has 0 radical (unpaired) electrons. The summed E-state index contributed by atoms with van der Waals surface area (Å²) in [6, 6.07) is 4.51. The maximum absolute atomic E-state index is 13.1. The number of ketones is 1. The highest BCUT2D eigenvalue weighted by atomic mass is 16.4. The molecule has 0 aromatic heterocycles. The van der Waals surface area contributed by atoms with Gasteiger partial charge in [0.1, 0.15) is 22.8 Å². The second-order valence-corrected chi connectivity index (χ2v) is 7.75. The quantitative estimate of drug-likeness (QED) is 0.252. The summed E-state index contributed by atoms with van der Waals surface area (Å²) < 4.78 is 0. The average molecular weight is 438 g/mol. The number of rotatable bonds is 9. The first-order valence-electron chi connectivity index (χ1n) is 9.99. The van der Waals surface area contributed by atoms with Crippen LogP contribution in [0, 0.1) is 0 Å². The summed E-state index contributed by atoms with van der Waals surface area (Å²) >= 11 is 0. The third kappa shape index (κ3) is 5.63. The minimum absolute atomic E-state index is 0.232. The molecular weight excluding hydrogens is 412 g/mol. The van der Waals surface area contributed by atoms with Crippen molar-refractivity contribution in [3.8, 4) is 17.2 Å². The van der Waals surface area contributed by atoms with Crippen molar-refractivity contribution in [2.24, 2.45) is 0 Å². The smallest absolute Gasteiger partial charge is 0.335 e. The van der Waals surface area contributed by atoms with Crippen LogP contribution < -0.4 is 0 Å². The van der Waals surface area contributed by atoms with E-state index in [1.807, 2.05) is 26.8 Å². The first-order chi connectivity index (χ1) is 15.1. The zero-order valence-electron chi connectivity index (χ0n) is 18.2. The number of phenols is 3. The highest BCUT2D eigenvalue weighted by Gasteiger charge is 2.26. The normalized spacial score (nSPS) is 11.2. The van der Waals surface area contributed by atoms with Crippen LogP contribution in [-0.2, 0) is 6.42 Å². The molecule has 0 unspecified atom stereocenters. The van der Waals surface area contributed by atoms with Crippen LogP contribution >= 0.6 is 0 Å². The van der Waals surface area contributed by atoms with Crippen molar-refractivity contribution < 1.29 is 34.8 Å². The van der Waals surface area contributed by atoms with Crippen LogP contribution in [0.15, 0.2) is 47.6 Å². The molecular formula is C25H26O7. The van der Waals surface area contributed by atoms with Crippen LogP contribution in [0.25, 0.3) is 0 Å². The molecule has 0 spiro atoms. The van der Waals surface area contributed by atoms with Gasteiger partial charge < -0.3 is 20.4 Å². The van der Waals surface area contributed by atoms with Crippen molar-refractivity contribution >= 4 is 18.0 Å². The number of carbonyl (C=O) groups is 3. The number of phenolic OH excluding ortho intramolecular Hbond substituents is 3. The van der Waals surface area contributed by atoms with Gasteiger partial charge in [-0.05, 0) is 63.8 Å². The number of hydrogen-bond donors (Lipinski definition) is 4. The predicted molar refractivity (Wildman–Crippen MR) is 120 cm³/mol. The Balaban J connectivity index is 2.43. The van der Waals surface area contributed by atoms with Crippen molar-refractivity contribution in [1.29, 1.82) is 0 Å². The SMILES string of the molecule is CC(C)=CCCC(C)=CCc1ccc(O)c(C(=O)c2c(O)cc(C(=O)O)cc2C=O)c1O. The standard InChI is InChI=1S/C25H26O7/c1-14(2)5-4-6-15(3)7-8-16-9-10-19(27)22(23(16)29)24(30)21-18(13-26)11-17(25(31)32)12-20(21)28/h5,7,9-13,27-29H,4,6,8H2,1-3H3,(H,31,32). The highest BCUT2D eigenvalue weighted by Crippen LogP contribution is 2.36. The van der Waals surface area contributed by atoms with Crippen LogP contribution in [-0.4, -0.2) is 38.5 Å². The zero-order chi connectivity index (χ0) is 24.0. The van der Waals surface area contributed by atoms with E-state index < -0.39 is 40.1 Å². The van der Waals surface area contributed by atoms with Gasteiger partial charge in [-0.25, -0.2) is 4.79 Å². The van der Waals surface area contributed by atoms with Crippen LogP contribution in [0.2, 0.25) is 0 Å². The van der Waals surface area contributed by atoms with Crippen LogP contribution in [0.3, 0.4) is 0 Å². The van der Waals surface area contributed by atoms with Gasteiger partial charge in [-0.15, -0.1) is 0 Å². The maximum atomic E-state index is 13.1. The van der Waals surface area contributed by atoms with E-state index in [1.54, 1.807) is 0 Å². The molecule has 0 heterocycles. The van der Waals surface area contributed by atoms with Crippen LogP contribution in [0.5, 0.6) is 17.2 Å². The summed E-state index contributed by atoms with van der Waals surface area (Å²) in [6.07, 6.45) is 6.29. The fourth-order valence-electron chi connectivity index (χ4n) is 3.22. The lowest BCUT2D eigenvalue weighted by molar-refractivity contribution is 0.0695. The number of hydrogen-bond acceptors (Lipinski definition) is 6. The maximum Gasteiger partial charge on any atom is 0.335 e. The summed E-state index contributed by atoms with van der Waals surface area (Å²) in [6.45, 7) is 6.00. The molecule has 0 atom stereocenters. The highest BCUT2D eigenvalue weighted by molar-refractivity contribution is 6.17. The Labute approximate surface area is 186 Å². The Morgan fingerprint density at radius 1 is 0.938 bits per heavy atom. The summed E-state index contributed by atoms with van der Waals surface area (Å²) in [4.78, 5) is 35.6. The first-order valence-corrected chi connectivity index (χ1v) is 9.99. The Kier molecular flexibility index (Phi) is 7.96. The van der Waals surface area contributed by atoms with E-state index in [-0.39, 0.29) is 17.4 Å². The van der Waals surface area contributed by atoms with E-state index in [4.69, 9.17) is 5.11 Å². The molecule has 0 aliphatic heterocycles. The molecule has 32 heavy (non-hydrogen) atoms. The van der Waals surface area contributed by atoms with Gasteiger partial charge >= 0.3 is 5.97 Å².